The lowest BCUT2D eigenvalue weighted by Crippen LogP contribution is -2.46. The number of nitrogens with zero attached hydrogens (tertiary/aromatic N) is 1. The summed E-state index contributed by atoms with van der Waals surface area (Å²) in [6.07, 6.45) is -4.02. The van der Waals surface area contributed by atoms with Crippen molar-refractivity contribution in [1.29, 1.82) is 0 Å². The molecule has 1 aliphatic heterocycles. The van der Waals surface area contributed by atoms with E-state index >= 15 is 0 Å². The van der Waals surface area contributed by atoms with Crippen molar-refractivity contribution >= 4 is 17.5 Å². The Balaban J connectivity index is 2.25. The molecule has 2 rings (SSSR count). The highest BCUT2D eigenvalue weighted by Gasteiger charge is 2.44. The van der Waals surface area contributed by atoms with Crippen molar-refractivity contribution in [3.05, 3.63) is 34.3 Å². The summed E-state index contributed by atoms with van der Waals surface area (Å²) in [6.45, 7) is 1.70. The molecule has 0 N–H and O–H groups in total. The van der Waals surface area contributed by atoms with Crippen molar-refractivity contribution in [2.75, 3.05) is 6.54 Å². The van der Waals surface area contributed by atoms with Gasteiger partial charge in [-0.3, -0.25) is 4.79 Å². The van der Waals surface area contributed by atoms with Crippen molar-refractivity contribution < 1.29 is 18.0 Å². The van der Waals surface area contributed by atoms with Crippen LogP contribution in [0.2, 0.25) is 5.02 Å². The Morgan fingerprint density at radius 2 is 2.05 bits per heavy atom. The molecular weight excluding hydrogens is 279 g/mol. The summed E-state index contributed by atoms with van der Waals surface area (Å²) in [4.78, 5) is 12.3. The van der Waals surface area contributed by atoms with Crippen molar-refractivity contribution in [1.82, 2.24) is 4.90 Å². The number of rotatable bonds is 0. The van der Waals surface area contributed by atoms with Gasteiger partial charge in [-0.05, 0) is 43.0 Å². The first kappa shape index (κ1) is 14.2. The molecule has 1 aromatic rings. The molecule has 104 valence electrons. The van der Waals surface area contributed by atoms with Gasteiger partial charge in [0.25, 0.3) is 0 Å². The molecule has 0 unspecified atom stereocenters. The first-order chi connectivity index (χ1) is 8.79. The third-order valence-electron chi connectivity index (χ3n) is 3.34. The topological polar surface area (TPSA) is 20.3 Å². The highest BCUT2D eigenvalue weighted by atomic mass is 35.5. The number of alkyl halides is 3. The van der Waals surface area contributed by atoms with Gasteiger partial charge in [-0.2, -0.15) is 13.2 Å². The molecule has 0 aromatic heterocycles. The van der Waals surface area contributed by atoms with Crippen LogP contribution in [-0.4, -0.2) is 29.6 Å². The summed E-state index contributed by atoms with van der Waals surface area (Å²) in [7, 11) is 0. The molecule has 1 aliphatic rings. The summed E-state index contributed by atoms with van der Waals surface area (Å²) in [5.41, 5.74) is 1.87. The van der Waals surface area contributed by atoms with Crippen LogP contribution in [0, 0.1) is 0 Å². The molecule has 0 fully saturated rings. The Morgan fingerprint density at radius 1 is 1.37 bits per heavy atom. The standard InChI is InChI=1S/C13H13ClF3NO/c1-8-6-10-7-11(14)3-2-9(10)4-5-18(8)12(19)13(15,16)17/h2-3,7-8H,4-6H2,1H3/t8-/m0/s1. The second-order valence-corrected chi connectivity index (χ2v) is 5.15. The number of amides is 1. The average molecular weight is 292 g/mol. The van der Waals surface area contributed by atoms with E-state index in [9.17, 15) is 18.0 Å². The van der Waals surface area contributed by atoms with E-state index < -0.39 is 18.1 Å². The normalized spacial score (nSPS) is 19.8. The van der Waals surface area contributed by atoms with E-state index in [1.165, 1.54) is 0 Å². The fourth-order valence-electron chi connectivity index (χ4n) is 2.38. The lowest BCUT2D eigenvalue weighted by atomic mass is 10.0. The summed E-state index contributed by atoms with van der Waals surface area (Å²) in [5.74, 6) is -1.76. The lowest BCUT2D eigenvalue weighted by Gasteiger charge is -2.27. The predicted octanol–water partition coefficient (Wildman–Crippen LogP) is 3.22. The Morgan fingerprint density at radius 3 is 2.68 bits per heavy atom. The first-order valence-corrected chi connectivity index (χ1v) is 6.32. The van der Waals surface area contributed by atoms with Crippen molar-refractivity contribution in [2.45, 2.75) is 32.0 Å². The van der Waals surface area contributed by atoms with Gasteiger partial charge in [0.2, 0.25) is 0 Å². The third kappa shape index (κ3) is 3.03. The molecule has 19 heavy (non-hydrogen) atoms. The second kappa shape index (κ2) is 5.04. The highest BCUT2D eigenvalue weighted by molar-refractivity contribution is 6.30. The van der Waals surface area contributed by atoms with E-state index in [0.717, 1.165) is 16.0 Å². The predicted molar refractivity (Wildman–Crippen MR) is 66.1 cm³/mol. The minimum Gasteiger partial charge on any atom is -0.332 e. The molecule has 0 bridgehead atoms. The van der Waals surface area contributed by atoms with E-state index in [0.29, 0.717) is 17.9 Å². The van der Waals surface area contributed by atoms with Crippen molar-refractivity contribution in [2.24, 2.45) is 0 Å². The minimum absolute atomic E-state index is 0.0775. The summed E-state index contributed by atoms with van der Waals surface area (Å²) < 4.78 is 37.6. The van der Waals surface area contributed by atoms with E-state index in [1.807, 2.05) is 6.07 Å². The van der Waals surface area contributed by atoms with Crippen LogP contribution in [0.5, 0.6) is 0 Å². The minimum atomic E-state index is -4.82. The van der Waals surface area contributed by atoms with Gasteiger partial charge in [0.05, 0.1) is 0 Å². The number of hydrogen-bond acceptors (Lipinski definition) is 1. The summed E-state index contributed by atoms with van der Waals surface area (Å²) >= 11 is 5.89. The molecule has 1 aromatic carbocycles. The zero-order chi connectivity index (χ0) is 14.2. The Kier molecular flexibility index (Phi) is 3.76. The van der Waals surface area contributed by atoms with Gasteiger partial charge < -0.3 is 4.90 Å². The van der Waals surface area contributed by atoms with Crippen LogP contribution < -0.4 is 0 Å². The van der Waals surface area contributed by atoms with Gasteiger partial charge in [-0.25, -0.2) is 0 Å². The number of fused-ring (bicyclic) bond motifs is 1. The molecule has 0 aliphatic carbocycles. The largest absolute Gasteiger partial charge is 0.471 e. The number of hydrogen-bond donors (Lipinski definition) is 0. The molecule has 0 saturated heterocycles. The maximum Gasteiger partial charge on any atom is 0.471 e. The zero-order valence-corrected chi connectivity index (χ0v) is 11.1. The van der Waals surface area contributed by atoms with E-state index in [1.54, 1.807) is 19.1 Å². The van der Waals surface area contributed by atoms with E-state index in [2.05, 4.69) is 0 Å². The van der Waals surface area contributed by atoms with Crippen LogP contribution in [0.4, 0.5) is 13.2 Å². The molecule has 1 heterocycles. The summed E-state index contributed by atoms with van der Waals surface area (Å²) in [6, 6.07) is 4.79. The molecule has 6 heteroatoms. The maximum absolute atomic E-state index is 12.5. The summed E-state index contributed by atoms with van der Waals surface area (Å²) in [5, 5.41) is 0.557. The number of benzene rings is 1. The quantitative estimate of drug-likeness (QED) is 0.719. The monoisotopic (exact) mass is 291 g/mol. The second-order valence-electron chi connectivity index (χ2n) is 4.71. The van der Waals surface area contributed by atoms with Crippen LogP contribution >= 0.6 is 11.6 Å². The van der Waals surface area contributed by atoms with Gasteiger partial charge in [0, 0.05) is 17.6 Å². The molecule has 0 radical (unpaired) electrons. The van der Waals surface area contributed by atoms with Gasteiger partial charge in [0.1, 0.15) is 0 Å². The Bertz CT molecular complexity index is 501. The average Bonchev–Trinajstić information content (AvgIpc) is 2.45. The van der Waals surface area contributed by atoms with Crippen LogP contribution in [0.25, 0.3) is 0 Å². The van der Waals surface area contributed by atoms with Gasteiger partial charge >= 0.3 is 12.1 Å². The number of carbonyl (C=O) groups excluding carboxylic acids is 1. The Hall–Kier alpha value is -1.23. The fourth-order valence-corrected chi connectivity index (χ4v) is 2.58. The first-order valence-electron chi connectivity index (χ1n) is 5.94. The van der Waals surface area contributed by atoms with E-state index in [4.69, 9.17) is 11.6 Å². The fraction of sp³-hybridized carbons (Fsp3) is 0.462. The molecular formula is C13H13ClF3NO. The molecule has 0 spiro atoms. The molecule has 1 atom stereocenters. The van der Waals surface area contributed by atoms with Crippen LogP contribution in [0.3, 0.4) is 0 Å². The van der Waals surface area contributed by atoms with Crippen molar-refractivity contribution in [3.63, 3.8) is 0 Å². The number of halogens is 4. The van der Waals surface area contributed by atoms with Crippen LogP contribution in [-0.2, 0) is 17.6 Å². The van der Waals surface area contributed by atoms with Crippen LogP contribution in [0.1, 0.15) is 18.1 Å². The molecule has 2 nitrogen and oxygen atoms in total. The smallest absolute Gasteiger partial charge is 0.332 e. The van der Waals surface area contributed by atoms with Gasteiger partial charge in [-0.15, -0.1) is 0 Å². The van der Waals surface area contributed by atoms with Crippen LogP contribution in [0.15, 0.2) is 18.2 Å². The van der Waals surface area contributed by atoms with E-state index in [-0.39, 0.29) is 6.54 Å². The zero-order valence-electron chi connectivity index (χ0n) is 10.3. The Labute approximate surface area is 114 Å². The molecule has 0 saturated carbocycles. The maximum atomic E-state index is 12.5. The number of carbonyl (C=O) groups is 1. The third-order valence-corrected chi connectivity index (χ3v) is 3.58. The highest BCUT2D eigenvalue weighted by Crippen LogP contribution is 2.26. The molecule has 1 amide bonds. The SMILES string of the molecule is C[C@H]1Cc2cc(Cl)ccc2CCN1C(=O)C(F)(F)F. The van der Waals surface area contributed by atoms with Crippen molar-refractivity contribution in [3.8, 4) is 0 Å². The van der Waals surface area contributed by atoms with Gasteiger partial charge in [-0.1, -0.05) is 17.7 Å². The lowest BCUT2D eigenvalue weighted by molar-refractivity contribution is -0.187. The van der Waals surface area contributed by atoms with Gasteiger partial charge in [0.15, 0.2) is 0 Å².